The third kappa shape index (κ3) is 4.33. The normalized spacial score (nSPS) is 13.2. The topological polar surface area (TPSA) is 111 Å². The van der Waals surface area contributed by atoms with E-state index in [4.69, 9.17) is 15.2 Å². The number of primary amides is 1. The number of rotatable bonds is 9. The zero-order valence-electron chi connectivity index (χ0n) is 14.9. The van der Waals surface area contributed by atoms with E-state index in [0.29, 0.717) is 41.4 Å². The van der Waals surface area contributed by atoms with Crippen molar-refractivity contribution in [3.05, 3.63) is 35.5 Å². The molecule has 1 fully saturated rings. The van der Waals surface area contributed by atoms with Crippen LogP contribution in [0.2, 0.25) is 0 Å². The van der Waals surface area contributed by atoms with Gasteiger partial charge in [0.1, 0.15) is 5.82 Å². The van der Waals surface area contributed by atoms with Crippen LogP contribution in [0, 0.1) is 0 Å². The van der Waals surface area contributed by atoms with Crippen LogP contribution in [0.25, 0.3) is 0 Å². The maximum absolute atomic E-state index is 11.5. The van der Waals surface area contributed by atoms with E-state index >= 15 is 0 Å². The molecule has 1 saturated carbocycles. The Kier molecular flexibility index (Phi) is 5.40. The van der Waals surface area contributed by atoms with Crippen molar-refractivity contribution in [1.82, 2.24) is 9.97 Å². The van der Waals surface area contributed by atoms with Gasteiger partial charge in [-0.15, -0.1) is 0 Å². The summed E-state index contributed by atoms with van der Waals surface area (Å²) in [7, 11) is 3.22. The molecule has 8 heteroatoms. The number of carbonyl (C=O) groups excluding carboxylic acids is 1. The Balaban J connectivity index is 1.63. The molecule has 0 atom stereocenters. The first-order valence-corrected chi connectivity index (χ1v) is 8.49. The third-order valence-electron chi connectivity index (χ3n) is 4.12. The SMILES string of the molecule is COc1ccc(CCNc2ncc(C(N)=O)c(NC3CC3)n2)cc1OC. The maximum atomic E-state index is 11.5. The van der Waals surface area contributed by atoms with Crippen LogP contribution < -0.4 is 25.8 Å². The Morgan fingerprint density at radius 1 is 1.27 bits per heavy atom. The van der Waals surface area contributed by atoms with Crippen LogP contribution in [0.3, 0.4) is 0 Å². The van der Waals surface area contributed by atoms with E-state index in [1.165, 1.54) is 6.20 Å². The summed E-state index contributed by atoms with van der Waals surface area (Å²) in [4.78, 5) is 20.1. The minimum atomic E-state index is -0.537. The smallest absolute Gasteiger partial charge is 0.254 e. The summed E-state index contributed by atoms with van der Waals surface area (Å²) in [6.07, 6.45) is 4.36. The largest absolute Gasteiger partial charge is 0.493 e. The predicted octanol–water partition coefficient (Wildman–Crippen LogP) is 1.82. The molecule has 26 heavy (non-hydrogen) atoms. The lowest BCUT2D eigenvalue weighted by Gasteiger charge is -2.12. The van der Waals surface area contributed by atoms with Crippen molar-refractivity contribution in [3.8, 4) is 11.5 Å². The molecule has 1 amide bonds. The molecule has 1 aliphatic carbocycles. The Morgan fingerprint density at radius 2 is 2.04 bits per heavy atom. The van der Waals surface area contributed by atoms with E-state index in [-0.39, 0.29) is 0 Å². The molecular weight excluding hydrogens is 334 g/mol. The lowest BCUT2D eigenvalue weighted by molar-refractivity contribution is 0.100. The molecule has 0 aliphatic heterocycles. The number of aromatic nitrogens is 2. The molecule has 0 saturated heterocycles. The average Bonchev–Trinajstić information content (AvgIpc) is 3.45. The van der Waals surface area contributed by atoms with Crippen LogP contribution in [0.5, 0.6) is 11.5 Å². The van der Waals surface area contributed by atoms with E-state index in [0.717, 1.165) is 24.8 Å². The summed E-state index contributed by atoms with van der Waals surface area (Å²) < 4.78 is 10.6. The quantitative estimate of drug-likeness (QED) is 0.627. The van der Waals surface area contributed by atoms with Gasteiger partial charge in [0.25, 0.3) is 5.91 Å². The van der Waals surface area contributed by atoms with Crippen LogP contribution in [-0.2, 0) is 6.42 Å². The number of ether oxygens (including phenoxy) is 2. The summed E-state index contributed by atoms with van der Waals surface area (Å²) in [5.74, 6) is 1.81. The molecule has 0 spiro atoms. The zero-order chi connectivity index (χ0) is 18.5. The molecule has 138 valence electrons. The van der Waals surface area contributed by atoms with Crippen molar-refractivity contribution in [2.45, 2.75) is 25.3 Å². The van der Waals surface area contributed by atoms with Gasteiger partial charge in [0, 0.05) is 18.8 Å². The lowest BCUT2D eigenvalue weighted by atomic mass is 10.1. The minimum absolute atomic E-state index is 0.308. The van der Waals surface area contributed by atoms with Gasteiger partial charge in [-0.05, 0) is 37.0 Å². The number of carbonyl (C=O) groups is 1. The van der Waals surface area contributed by atoms with Crippen molar-refractivity contribution < 1.29 is 14.3 Å². The van der Waals surface area contributed by atoms with Gasteiger partial charge in [0.15, 0.2) is 11.5 Å². The Morgan fingerprint density at radius 3 is 2.69 bits per heavy atom. The summed E-state index contributed by atoms with van der Waals surface area (Å²) in [5, 5.41) is 6.39. The van der Waals surface area contributed by atoms with Gasteiger partial charge < -0.3 is 25.8 Å². The Labute approximate surface area is 152 Å². The fourth-order valence-corrected chi connectivity index (χ4v) is 2.53. The van der Waals surface area contributed by atoms with Gasteiger partial charge >= 0.3 is 0 Å². The van der Waals surface area contributed by atoms with Crippen LogP contribution in [-0.4, -0.2) is 42.7 Å². The predicted molar refractivity (Wildman–Crippen MR) is 98.9 cm³/mol. The number of nitrogens with one attached hydrogen (secondary N) is 2. The maximum Gasteiger partial charge on any atom is 0.254 e. The number of benzene rings is 1. The van der Waals surface area contributed by atoms with Crippen LogP contribution >= 0.6 is 0 Å². The minimum Gasteiger partial charge on any atom is -0.493 e. The summed E-state index contributed by atoms with van der Waals surface area (Å²) in [6, 6.07) is 6.17. The molecule has 4 N–H and O–H groups in total. The number of methoxy groups -OCH3 is 2. The van der Waals surface area contributed by atoms with E-state index in [1.807, 2.05) is 18.2 Å². The zero-order valence-corrected chi connectivity index (χ0v) is 14.9. The van der Waals surface area contributed by atoms with E-state index in [9.17, 15) is 4.79 Å². The summed E-state index contributed by atoms with van der Waals surface area (Å²) in [6.45, 7) is 0.633. The number of nitrogens with two attached hydrogens (primary N) is 1. The molecule has 2 aromatic rings. The molecule has 1 aliphatic rings. The number of hydrogen-bond donors (Lipinski definition) is 3. The van der Waals surface area contributed by atoms with Crippen LogP contribution in [0.1, 0.15) is 28.8 Å². The first kappa shape index (κ1) is 17.8. The van der Waals surface area contributed by atoms with E-state index in [1.54, 1.807) is 14.2 Å². The highest BCUT2D eigenvalue weighted by molar-refractivity contribution is 5.97. The van der Waals surface area contributed by atoms with Gasteiger partial charge in [-0.2, -0.15) is 4.98 Å². The second-order valence-corrected chi connectivity index (χ2v) is 6.10. The first-order valence-electron chi connectivity index (χ1n) is 8.49. The molecule has 0 radical (unpaired) electrons. The van der Waals surface area contributed by atoms with Crippen molar-refractivity contribution in [1.29, 1.82) is 0 Å². The fraction of sp³-hybridized carbons (Fsp3) is 0.389. The van der Waals surface area contributed by atoms with Crippen molar-refractivity contribution >= 4 is 17.7 Å². The van der Waals surface area contributed by atoms with Crippen molar-refractivity contribution in [2.24, 2.45) is 5.73 Å². The highest BCUT2D eigenvalue weighted by Gasteiger charge is 2.24. The fourth-order valence-electron chi connectivity index (χ4n) is 2.53. The monoisotopic (exact) mass is 357 g/mol. The molecule has 0 unspecified atom stereocenters. The number of amides is 1. The second-order valence-electron chi connectivity index (χ2n) is 6.10. The highest BCUT2D eigenvalue weighted by Crippen LogP contribution is 2.28. The van der Waals surface area contributed by atoms with Gasteiger partial charge in [-0.25, -0.2) is 4.98 Å². The van der Waals surface area contributed by atoms with Gasteiger partial charge in [-0.3, -0.25) is 4.79 Å². The molecule has 0 bridgehead atoms. The molecule has 1 aromatic heterocycles. The summed E-state index contributed by atoms with van der Waals surface area (Å²) in [5.41, 5.74) is 6.79. The molecule has 8 nitrogen and oxygen atoms in total. The van der Waals surface area contributed by atoms with Gasteiger partial charge in [-0.1, -0.05) is 6.07 Å². The van der Waals surface area contributed by atoms with Crippen LogP contribution in [0.4, 0.5) is 11.8 Å². The van der Waals surface area contributed by atoms with Crippen molar-refractivity contribution in [3.63, 3.8) is 0 Å². The number of anilines is 2. The highest BCUT2D eigenvalue weighted by atomic mass is 16.5. The van der Waals surface area contributed by atoms with Crippen molar-refractivity contribution in [2.75, 3.05) is 31.4 Å². The molecule has 1 heterocycles. The summed E-state index contributed by atoms with van der Waals surface area (Å²) >= 11 is 0. The number of nitrogens with zero attached hydrogens (tertiary/aromatic N) is 2. The van der Waals surface area contributed by atoms with Gasteiger partial charge in [0.2, 0.25) is 5.95 Å². The average molecular weight is 357 g/mol. The second kappa shape index (κ2) is 7.90. The van der Waals surface area contributed by atoms with Gasteiger partial charge in [0.05, 0.1) is 19.8 Å². The lowest BCUT2D eigenvalue weighted by Crippen LogP contribution is -2.18. The van der Waals surface area contributed by atoms with E-state index < -0.39 is 5.91 Å². The molecule has 3 rings (SSSR count). The molecular formula is C18H23N5O3. The van der Waals surface area contributed by atoms with Crippen LogP contribution in [0.15, 0.2) is 24.4 Å². The Hall–Kier alpha value is -3.03. The van der Waals surface area contributed by atoms with E-state index in [2.05, 4.69) is 20.6 Å². The third-order valence-corrected chi connectivity index (χ3v) is 4.12. The number of hydrogen-bond acceptors (Lipinski definition) is 7. The Bertz CT molecular complexity index is 792. The standard InChI is InChI=1S/C18H23N5O3/c1-25-14-6-3-11(9-15(14)26-2)7-8-20-18-21-10-13(16(19)24)17(23-18)22-12-4-5-12/h3,6,9-10,12H,4-5,7-8H2,1-2H3,(H2,19,24)(H2,20,21,22,23). The molecule has 1 aromatic carbocycles. The first-order chi connectivity index (χ1) is 12.6.